The molecule has 116 valence electrons. The Labute approximate surface area is 120 Å². The molecule has 2 heterocycles. The molecule has 1 atom stereocenters. The van der Waals surface area contributed by atoms with Crippen LogP contribution in [0, 0.1) is 13.8 Å². The second-order valence-corrected chi connectivity index (χ2v) is 5.24. The van der Waals surface area contributed by atoms with Crippen LogP contribution in [0.15, 0.2) is 6.07 Å². The highest BCUT2D eigenvalue weighted by Gasteiger charge is 2.41. The van der Waals surface area contributed by atoms with Gasteiger partial charge >= 0.3 is 6.18 Å². The van der Waals surface area contributed by atoms with Crippen LogP contribution in [0.1, 0.15) is 17.8 Å². The lowest BCUT2D eigenvalue weighted by atomic mass is 10.2. The van der Waals surface area contributed by atoms with Gasteiger partial charge in [0.1, 0.15) is 12.6 Å². The van der Waals surface area contributed by atoms with Gasteiger partial charge in [-0.1, -0.05) is 0 Å². The Morgan fingerprint density at radius 2 is 1.90 bits per heavy atom. The number of hydrogen-bond donors (Lipinski definition) is 0. The van der Waals surface area contributed by atoms with Crippen LogP contribution in [0.25, 0.3) is 0 Å². The van der Waals surface area contributed by atoms with E-state index < -0.39 is 24.7 Å². The molecule has 1 amide bonds. The number of nitrogens with zero attached hydrogens (tertiary/aromatic N) is 4. The van der Waals surface area contributed by atoms with Crippen LogP contribution in [0.4, 0.5) is 19.1 Å². The maximum absolute atomic E-state index is 12.4. The van der Waals surface area contributed by atoms with Gasteiger partial charge in [-0.25, -0.2) is 9.97 Å². The summed E-state index contributed by atoms with van der Waals surface area (Å²) in [5.74, 6) is -0.169. The van der Waals surface area contributed by atoms with E-state index in [1.165, 1.54) is 0 Å². The predicted octanol–water partition coefficient (Wildman–Crippen LogP) is 1.69. The van der Waals surface area contributed by atoms with E-state index in [4.69, 9.17) is 0 Å². The zero-order chi connectivity index (χ0) is 15.8. The monoisotopic (exact) mass is 302 g/mol. The lowest BCUT2D eigenvalue weighted by molar-refractivity contribution is -0.157. The van der Waals surface area contributed by atoms with Crippen LogP contribution in [0.2, 0.25) is 0 Å². The molecule has 0 aliphatic carbocycles. The highest BCUT2D eigenvalue weighted by atomic mass is 19.4. The smallest absolute Gasteiger partial charge is 0.332 e. The number of carbonyl (C=O) groups is 1. The number of rotatable bonds is 3. The number of alkyl halides is 3. The van der Waals surface area contributed by atoms with E-state index in [1.807, 2.05) is 0 Å². The summed E-state index contributed by atoms with van der Waals surface area (Å²) in [5, 5.41) is 0. The van der Waals surface area contributed by atoms with Gasteiger partial charge in [0.15, 0.2) is 0 Å². The SMILES string of the molecule is Cc1cc(C)nc(N(C)[C@@H]2CCN(CC(F)(F)F)C2=O)n1. The van der Waals surface area contributed by atoms with Gasteiger partial charge in [-0.05, 0) is 26.3 Å². The maximum atomic E-state index is 12.4. The van der Waals surface area contributed by atoms with Gasteiger partial charge in [0, 0.05) is 25.0 Å². The Hall–Kier alpha value is -1.86. The normalized spacial score (nSPS) is 19.2. The highest BCUT2D eigenvalue weighted by molar-refractivity contribution is 5.86. The third-order valence-corrected chi connectivity index (χ3v) is 3.39. The van der Waals surface area contributed by atoms with Gasteiger partial charge in [-0.2, -0.15) is 13.2 Å². The largest absolute Gasteiger partial charge is 0.406 e. The first-order valence-electron chi connectivity index (χ1n) is 6.58. The third-order valence-electron chi connectivity index (χ3n) is 3.39. The van der Waals surface area contributed by atoms with E-state index in [-0.39, 0.29) is 6.54 Å². The summed E-state index contributed by atoms with van der Waals surface area (Å²) in [6, 6.07) is 1.15. The molecule has 1 aliphatic heterocycles. The molecule has 0 bridgehead atoms. The van der Waals surface area contributed by atoms with Crippen molar-refractivity contribution in [3.8, 4) is 0 Å². The number of amides is 1. The molecule has 5 nitrogen and oxygen atoms in total. The molecular formula is C13H17F3N4O. The van der Waals surface area contributed by atoms with Gasteiger partial charge in [0.05, 0.1) is 0 Å². The van der Waals surface area contributed by atoms with E-state index >= 15 is 0 Å². The van der Waals surface area contributed by atoms with Gasteiger partial charge in [-0.15, -0.1) is 0 Å². The van der Waals surface area contributed by atoms with Gasteiger partial charge in [0.2, 0.25) is 11.9 Å². The molecule has 0 aromatic carbocycles. The number of likely N-dealkylation sites (tertiary alicyclic amines) is 1. The summed E-state index contributed by atoms with van der Waals surface area (Å²) < 4.78 is 37.2. The minimum Gasteiger partial charge on any atom is -0.332 e. The van der Waals surface area contributed by atoms with Crippen molar-refractivity contribution in [3.63, 3.8) is 0 Å². The summed E-state index contributed by atoms with van der Waals surface area (Å²) >= 11 is 0. The number of hydrogen-bond acceptors (Lipinski definition) is 4. The fraction of sp³-hybridized carbons (Fsp3) is 0.615. The van der Waals surface area contributed by atoms with E-state index in [0.717, 1.165) is 16.3 Å². The fourth-order valence-corrected chi connectivity index (χ4v) is 2.46. The average Bonchev–Trinajstić information content (AvgIpc) is 2.67. The quantitative estimate of drug-likeness (QED) is 0.852. The lowest BCUT2D eigenvalue weighted by Crippen LogP contribution is -2.43. The van der Waals surface area contributed by atoms with Crippen molar-refractivity contribution in [2.45, 2.75) is 32.5 Å². The summed E-state index contributed by atoms with van der Waals surface area (Å²) in [7, 11) is 1.63. The number of halogens is 3. The fourth-order valence-electron chi connectivity index (χ4n) is 2.46. The molecule has 1 fully saturated rings. The molecule has 2 rings (SSSR count). The average molecular weight is 302 g/mol. The van der Waals surface area contributed by atoms with E-state index in [0.29, 0.717) is 12.4 Å². The Kier molecular flexibility index (Phi) is 4.06. The third kappa shape index (κ3) is 3.62. The van der Waals surface area contributed by atoms with Crippen LogP contribution in [-0.2, 0) is 4.79 Å². The van der Waals surface area contributed by atoms with Crippen molar-refractivity contribution in [3.05, 3.63) is 17.5 Å². The Morgan fingerprint density at radius 1 is 1.33 bits per heavy atom. The topological polar surface area (TPSA) is 49.3 Å². The van der Waals surface area contributed by atoms with Crippen LogP contribution < -0.4 is 4.90 Å². The molecule has 1 aromatic heterocycles. The Morgan fingerprint density at radius 3 is 2.43 bits per heavy atom. The zero-order valence-electron chi connectivity index (χ0n) is 12.1. The first-order chi connectivity index (χ1) is 9.67. The van der Waals surface area contributed by atoms with Crippen molar-refractivity contribution in [2.75, 3.05) is 25.0 Å². The van der Waals surface area contributed by atoms with Crippen LogP contribution in [0.5, 0.6) is 0 Å². The first-order valence-corrected chi connectivity index (χ1v) is 6.58. The van der Waals surface area contributed by atoms with E-state index in [9.17, 15) is 18.0 Å². The van der Waals surface area contributed by atoms with Crippen molar-refractivity contribution < 1.29 is 18.0 Å². The van der Waals surface area contributed by atoms with E-state index in [2.05, 4.69) is 9.97 Å². The molecule has 0 saturated carbocycles. The number of anilines is 1. The molecule has 8 heteroatoms. The van der Waals surface area contributed by atoms with Gasteiger partial charge in [-0.3, -0.25) is 4.79 Å². The van der Waals surface area contributed by atoms with Crippen LogP contribution >= 0.6 is 0 Å². The molecule has 0 unspecified atom stereocenters. The summed E-state index contributed by atoms with van der Waals surface area (Å²) in [5.41, 5.74) is 1.50. The van der Waals surface area contributed by atoms with E-state index in [1.54, 1.807) is 31.9 Å². The predicted molar refractivity (Wildman–Crippen MR) is 70.9 cm³/mol. The second-order valence-electron chi connectivity index (χ2n) is 5.24. The summed E-state index contributed by atoms with van der Waals surface area (Å²) in [6.45, 7) is 2.50. The van der Waals surface area contributed by atoms with Crippen LogP contribution in [0.3, 0.4) is 0 Å². The number of aryl methyl sites for hydroxylation is 2. The molecule has 0 radical (unpaired) electrons. The van der Waals surface area contributed by atoms with Gasteiger partial charge < -0.3 is 9.80 Å². The number of likely N-dealkylation sites (N-methyl/N-ethyl adjacent to an activating group) is 1. The Bertz CT molecular complexity index is 526. The first kappa shape index (κ1) is 15.5. The minimum atomic E-state index is -4.38. The van der Waals surface area contributed by atoms with Crippen molar-refractivity contribution in [1.29, 1.82) is 0 Å². The zero-order valence-corrected chi connectivity index (χ0v) is 12.1. The molecule has 0 spiro atoms. The van der Waals surface area contributed by atoms with Crippen molar-refractivity contribution >= 4 is 11.9 Å². The molecule has 21 heavy (non-hydrogen) atoms. The molecular weight excluding hydrogens is 285 g/mol. The second kappa shape index (κ2) is 5.50. The standard InChI is InChI=1S/C13H17F3N4O/c1-8-6-9(2)18-12(17-8)19(3)10-4-5-20(11(10)21)7-13(14,15)16/h6,10H,4-5,7H2,1-3H3/t10-/m1/s1. The summed E-state index contributed by atoms with van der Waals surface area (Å²) in [6.07, 6.45) is -4.04. The van der Waals surface area contributed by atoms with Crippen molar-refractivity contribution in [1.82, 2.24) is 14.9 Å². The molecule has 1 saturated heterocycles. The number of aromatic nitrogens is 2. The molecule has 0 N–H and O–H groups in total. The molecule has 1 aliphatic rings. The minimum absolute atomic E-state index is 0.0954. The van der Waals surface area contributed by atoms with Crippen molar-refractivity contribution in [2.24, 2.45) is 0 Å². The lowest BCUT2D eigenvalue weighted by Gasteiger charge is -2.24. The molecule has 1 aromatic rings. The summed E-state index contributed by atoms with van der Waals surface area (Å²) in [4.78, 5) is 23.0. The number of carbonyl (C=O) groups excluding carboxylic acids is 1. The van der Waals surface area contributed by atoms with Gasteiger partial charge in [0.25, 0.3) is 0 Å². The maximum Gasteiger partial charge on any atom is 0.406 e. The highest BCUT2D eigenvalue weighted by Crippen LogP contribution is 2.24. The Balaban J connectivity index is 2.14. The van der Waals surface area contributed by atoms with Crippen LogP contribution in [-0.4, -0.2) is 53.1 Å².